The fraction of sp³-hybridized carbons (Fsp3) is 0.650. The van der Waals surface area contributed by atoms with E-state index in [2.05, 4.69) is 4.72 Å². The van der Waals surface area contributed by atoms with E-state index in [1.54, 1.807) is 12.0 Å². The highest BCUT2D eigenvalue weighted by atomic mass is 32.2. The number of nitrogens with zero attached hydrogens (tertiary/aromatic N) is 1. The van der Waals surface area contributed by atoms with Crippen LogP contribution in [-0.4, -0.2) is 76.6 Å². The summed E-state index contributed by atoms with van der Waals surface area (Å²) >= 11 is 0. The lowest BCUT2D eigenvalue weighted by molar-refractivity contribution is -0.139. The minimum absolute atomic E-state index is 0.0962. The molecule has 1 N–H and O–H groups in total. The van der Waals surface area contributed by atoms with Crippen LogP contribution in [0.25, 0.3) is 0 Å². The fourth-order valence-corrected chi connectivity index (χ4v) is 5.46. The Hall–Kier alpha value is -1.68. The van der Waals surface area contributed by atoms with Crippen molar-refractivity contribution in [1.29, 1.82) is 0 Å². The monoisotopic (exact) mass is 426 g/mol. The van der Waals surface area contributed by atoms with Crippen molar-refractivity contribution in [2.75, 3.05) is 40.1 Å². The fourth-order valence-electron chi connectivity index (χ4n) is 3.89. The highest BCUT2D eigenvalue weighted by molar-refractivity contribution is 7.90. The predicted molar refractivity (Wildman–Crippen MR) is 108 cm³/mol. The van der Waals surface area contributed by atoms with Crippen LogP contribution in [0.3, 0.4) is 0 Å². The van der Waals surface area contributed by atoms with Crippen molar-refractivity contribution in [2.45, 2.75) is 43.5 Å². The SMILES string of the molecule is COCC1[C@@H](NS(=O)(=O)[C@@H]2CCOC2)CCCN1C(=O)COc1ccccc1C. The van der Waals surface area contributed by atoms with Crippen LogP contribution in [0.15, 0.2) is 24.3 Å². The predicted octanol–water partition coefficient (Wildman–Crippen LogP) is 1.09. The summed E-state index contributed by atoms with van der Waals surface area (Å²) in [5.41, 5.74) is 0.955. The smallest absolute Gasteiger partial charge is 0.260 e. The van der Waals surface area contributed by atoms with Crippen LogP contribution in [0.5, 0.6) is 5.75 Å². The largest absolute Gasteiger partial charge is 0.484 e. The second-order valence-corrected chi connectivity index (χ2v) is 9.55. The first-order chi connectivity index (χ1) is 13.9. The zero-order valence-electron chi connectivity index (χ0n) is 17.0. The zero-order chi connectivity index (χ0) is 20.9. The Morgan fingerprint density at radius 3 is 2.79 bits per heavy atom. The van der Waals surface area contributed by atoms with Gasteiger partial charge in [0.2, 0.25) is 10.0 Å². The number of ether oxygens (including phenoxy) is 3. The Morgan fingerprint density at radius 1 is 1.31 bits per heavy atom. The molecule has 2 aliphatic rings. The molecule has 0 bridgehead atoms. The van der Waals surface area contributed by atoms with Gasteiger partial charge in [0.05, 0.1) is 19.3 Å². The molecule has 29 heavy (non-hydrogen) atoms. The van der Waals surface area contributed by atoms with Gasteiger partial charge in [-0.1, -0.05) is 18.2 Å². The van der Waals surface area contributed by atoms with Crippen molar-refractivity contribution >= 4 is 15.9 Å². The molecule has 2 heterocycles. The topological polar surface area (TPSA) is 94.2 Å². The Balaban J connectivity index is 1.67. The normalized spacial score (nSPS) is 25.2. The van der Waals surface area contributed by atoms with Gasteiger partial charge in [-0.05, 0) is 37.8 Å². The van der Waals surface area contributed by atoms with Crippen LogP contribution in [0.1, 0.15) is 24.8 Å². The van der Waals surface area contributed by atoms with E-state index in [1.165, 1.54) is 0 Å². The van der Waals surface area contributed by atoms with Gasteiger partial charge in [-0.3, -0.25) is 4.79 Å². The quantitative estimate of drug-likeness (QED) is 0.669. The number of para-hydroxylation sites is 1. The molecule has 1 aromatic rings. The summed E-state index contributed by atoms with van der Waals surface area (Å²) < 4.78 is 44.5. The lowest BCUT2D eigenvalue weighted by atomic mass is 9.97. The minimum Gasteiger partial charge on any atom is -0.484 e. The number of sulfonamides is 1. The molecule has 3 rings (SSSR count). The average molecular weight is 427 g/mol. The Morgan fingerprint density at radius 2 is 2.10 bits per heavy atom. The minimum atomic E-state index is -3.52. The molecule has 2 saturated heterocycles. The molecule has 162 valence electrons. The van der Waals surface area contributed by atoms with Crippen LogP contribution >= 0.6 is 0 Å². The van der Waals surface area contributed by atoms with Gasteiger partial charge in [-0.25, -0.2) is 13.1 Å². The van der Waals surface area contributed by atoms with E-state index < -0.39 is 21.3 Å². The molecule has 3 atom stereocenters. The van der Waals surface area contributed by atoms with E-state index in [1.807, 2.05) is 31.2 Å². The van der Waals surface area contributed by atoms with Gasteiger partial charge in [0.1, 0.15) is 11.0 Å². The van der Waals surface area contributed by atoms with Gasteiger partial charge in [-0.15, -0.1) is 0 Å². The summed E-state index contributed by atoms with van der Waals surface area (Å²) in [5.74, 6) is 0.489. The van der Waals surface area contributed by atoms with Crippen LogP contribution in [0, 0.1) is 6.92 Å². The second-order valence-electron chi connectivity index (χ2n) is 7.56. The van der Waals surface area contributed by atoms with E-state index in [-0.39, 0.29) is 31.8 Å². The first-order valence-corrected chi connectivity index (χ1v) is 11.5. The number of hydrogen-bond acceptors (Lipinski definition) is 6. The molecule has 0 aliphatic carbocycles. The lowest BCUT2D eigenvalue weighted by Gasteiger charge is -2.41. The third-order valence-corrected chi connectivity index (χ3v) is 7.40. The van der Waals surface area contributed by atoms with E-state index in [0.717, 1.165) is 5.56 Å². The van der Waals surface area contributed by atoms with E-state index in [4.69, 9.17) is 14.2 Å². The molecule has 1 amide bonds. The average Bonchev–Trinajstić information content (AvgIpc) is 3.24. The van der Waals surface area contributed by atoms with E-state index in [0.29, 0.717) is 38.2 Å². The number of aryl methyl sites for hydroxylation is 1. The summed E-state index contributed by atoms with van der Waals surface area (Å²) in [4.78, 5) is 14.6. The highest BCUT2D eigenvalue weighted by Gasteiger charge is 2.39. The van der Waals surface area contributed by atoms with Crippen molar-refractivity contribution < 1.29 is 27.4 Å². The maximum Gasteiger partial charge on any atom is 0.260 e. The first kappa shape index (κ1) is 22.0. The van der Waals surface area contributed by atoms with Gasteiger partial charge in [0, 0.05) is 26.3 Å². The van der Waals surface area contributed by atoms with Gasteiger partial charge < -0.3 is 19.1 Å². The van der Waals surface area contributed by atoms with Crippen LogP contribution in [0.2, 0.25) is 0 Å². The molecular weight excluding hydrogens is 396 g/mol. The Bertz CT molecular complexity index is 794. The summed E-state index contributed by atoms with van der Waals surface area (Å²) in [6, 6.07) is 6.75. The molecule has 0 aromatic heterocycles. The molecule has 8 nitrogen and oxygen atoms in total. The molecular formula is C20H30N2O6S. The summed E-state index contributed by atoms with van der Waals surface area (Å²) in [5, 5.41) is -0.541. The molecule has 2 fully saturated rings. The number of methoxy groups -OCH3 is 1. The molecule has 0 spiro atoms. The maximum absolute atomic E-state index is 12.9. The molecule has 1 unspecified atom stereocenters. The number of likely N-dealkylation sites (tertiary alicyclic amines) is 1. The maximum atomic E-state index is 12.9. The van der Waals surface area contributed by atoms with Crippen molar-refractivity contribution in [1.82, 2.24) is 9.62 Å². The Kier molecular flexibility index (Phi) is 7.50. The third-order valence-electron chi connectivity index (χ3n) is 5.52. The summed E-state index contributed by atoms with van der Waals surface area (Å²) in [6.07, 6.45) is 1.86. The summed E-state index contributed by atoms with van der Waals surface area (Å²) in [7, 11) is -1.97. The summed E-state index contributed by atoms with van der Waals surface area (Å²) in [6.45, 7) is 3.30. The van der Waals surface area contributed by atoms with E-state index >= 15 is 0 Å². The number of rotatable bonds is 8. The van der Waals surface area contributed by atoms with Gasteiger partial charge >= 0.3 is 0 Å². The second kappa shape index (κ2) is 9.88. The van der Waals surface area contributed by atoms with Crippen LogP contribution < -0.4 is 9.46 Å². The van der Waals surface area contributed by atoms with E-state index in [9.17, 15) is 13.2 Å². The number of hydrogen-bond donors (Lipinski definition) is 1. The number of amides is 1. The van der Waals surface area contributed by atoms with Crippen molar-refractivity contribution in [3.05, 3.63) is 29.8 Å². The van der Waals surface area contributed by atoms with Crippen molar-refractivity contribution in [2.24, 2.45) is 0 Å². The van der Waals surface area contributed by atoms with Crippen molar-refractivity contribution in [3.63, 3.8) is 0 Å². The van der Waals surface area contributed by atoms with Gasteiger partial charge in [0.15, 0.2) is 6.61 Å². The standard InChI is InChI=1S/C20H30N2O6S/c1-15-6-3-4-8-19(15)28-14-20(23)22-10-5-7-17(18(22)13-26-2)21-29(24,25)16-9-11-27-12-16/h3-4,6,8,16-18,21H,5,7,9-14H2,1-2H3/t16-,17+,18?/m1/s1. The lowest BCUT2D eigenvalue weighted by Crippen LogP contribution is -2.60. The van der Waals surface area contributed by atoms with Gasteiger partial charge in [-0.2, -0.15) is 0 Å². The number of benzene rings is 1. The Labute approximate surface area is 172 Å². The first-order valence-electron chi connectivity index (χ1n) is 9.98. The molecule has 9 heteroatoms. The molecule has 1 aromatic carbocycles. The number of nitrogens with one attached hydrogen (secondary N) is 1. The molecule has 2 aliphatic heterocycles. The highest BCUT2D eigenvalue weighted by Crippen LogP contribution is 2.22. The number of piperidine rings is 1. The third kappa shape index (κ3) is 5.48. The zero-order valence-corrected chi connectivity index (χ0v) is 17.8. The number of carbonyl (C=O) groups is 1. The van der Waals surface area contributed by atoms with Crippen molar-refractivity contribution in [3.8, 4) is 5.75 Å². The molecule has 0 radical (unpaired) electrons. The number of carbonyl (C=O) groups excluding carboxylic acids is 1. The van der Waals surface area contributed by atoms with Gasteiger partial charge in [0.25, 0.3) is 5.91 Å². The van der Waals surface area contributed by atoms with Crippen LogP contribution in [-0.2, 0) is 24.3 Å². The molecule has 0 saturated carbocycles. The van der Waals surface area contributed by atoms with Crippen LogP contribution in [0.4, 0.5) is 0 Å².